The summed E-state index contributed by atoms with van der Waals surface area (Å²) in [6, 6.07) is 52.0. The summed E-state index contributed by atoms with van der Waals surface area (Å²) >= 11 is 5.34. The average Bonchev–Trinajstić information content (AvgIpc) is 3.53. The van der Waals surface area contributed by atoms with Crippen LogP contribution in [-0.4, -0.2) is 14.5 Å². The van der Waals surface area contributed by atoms with E-state index in [2.05, 4.69) is 179 Å². The number of hydrogen-bond acceptors (Lipinski definition) is 3. The second-order valence-corrected chi connectivity index (χ2v) is 13.7. The molecule has 0 N–H and O–H groups in total. The highest BCUT2D eigenvalue weighted by Gasteiger charge is 2.31. The van der Waals surface area contributed by atoms with Crippen LogP contribution >= 0.6 is 12.6 Å². The maximum Gasteiger partial charge on any atom is 0.155 e. The number of benzene rings is 6. The normalized spacial score (nSPS) is 15.7. The molecule has 0 spiro atoms. The monoisotopic (exact) mass is 673 g/mol. The molecule has 1 aliphatic rings. The third-order valence-electron chi connectivity index (χ3n) is 10.3. The Balaban J connectivity index is 1.35. The van der Waals surface area contributed by atoms with Gasteiger partial charge in [-0.05, 0) is 69.6 Å². The molecule has 51 heavy (non-hydrogen) atoms. The number of thiol groups is 1. The minimum atomic E-state index is 0.0573. The van der Waals surface area contributed by atoms with Crippen LogP contribution in [0.5, 0.6) is 0 Å². The summed E-state index contributed by atoms with van der Waals surface area (Å²) in [6.45, 7) is 2.29. The summed E-state index contributed by atoms with van der Waals surface area (Å²) in [5, 5.41) is 2.43. The van der Waals surface area contributed by atoms with Crippen LogP contribution in [-0.2, 0) is 0 Å². The SMILES string of the molecule is CC1C(c2ncccn2)=CC=CC1c1c(S)cc(-c2ccc(-c3ccccc3)cc2)c2c1c1ccc(-c3ccccc3)cc1n2-c1ccccc1. The van der Waals surface area contributed by atoms with Gasteiger partial charge < -0.3 is 4.57 Å². The van der Waals surface area contributed by atoms with Crippen molar-refractivity contribution in [3.05, 3.63) is 188 Å². The lowest BCUT2D eigenvalue weighted by Gasteiger charge is -2.28. The second kappa shape index (κ2) is 13.1. The van der Waals surface area contributed by atoms with Gasteiger partial charge in [0.1, 0.15) is 0 Å². The fourth-order valence-electron chi connectivity index (χ4n) is 7.78. The first-order chi connectivity index (χ1) is 25.2. The van der Waals surface area contributed by atoms with Gasteiger partial charge in [0.15, 0.2) is 5.82 Å². The summed E-state index contributed by atoms with van der Waals surface area (Å²) in [6.07, 6.45) is 10.3. The largest absolute Gasteiger partial charge is 0.309 e. The minimum Gasteiger partial charge on any atom is -0.309 e. The molecule has 2 aromatic heterocycles. The zero-order valence-corrected chi connectivity index (χ0v) is 29.1. The molecule has 1 aliphatic carbocycles. The zero-order valence-electron chi connectivity index (χ0n) is 28.2. The minimum absolute atomic E-state index is 0.0573. The van der Waals surface area contributed by atoms with E-state index in [4.69, 9.17) is 12.6 Å². The van der Waals surface area contributed by atoms with Crippen LogP contribution in [0.3, 0.4) is 0 Å². The summed E-state index contributed by atoms with van der Waals surface area (Å²) in [5.41, 5.74) is 12.9. The Bertz CT molecular complexity index is 2570. The molecule has 0 saturated carbocycles. The maximum absolute atomic E-state index is 5.34. The number of para-hydroxylation sites is 1. The molecule has 6 aromatic carbocycles. The summed E-state index contributed by atoms with van der Waals surface area (Å²) in [7, 11) is 0. The lowest BCUT2D eigenvalue weighted by Crippen LogP contribution is -2.15. The van der Waals surface area contributed by atoms with E-state index in [1.165, 1.54) is 44.1 Å². The van der Waals surface area contributed by atoms with E-state index in [0.717, 1.165) is 38.6 Å². The first kappa shape index (κ1) is 31.0. The number of fused-ring (bicyclic) bond motifs is 3. The third-order valence-corrected chi connectivity index (χ3v) is 10.6. The van der Waals surface area contributed by atoms with Gasteiger partial charge in [-0.3, -0.25) is 0 Å². The van der Waals surface area contributed by atoms with Gasteiger partial charge in [-0.1, -0.05) is 140 Å². The van der Waals surface area contributed by atoms with Crippen molar-refractivity contribution in [3.63, 3.8) is 0 Å². The molecule has 0 fully saturated rings. The number of nitrogens with zero attached hydrogens (tertiary/aromatic N) is 3. The zero-order chi connectivity index (χ0) is 34.3. The van der Waals surface area contributed by atoms with Crippen LogP contribution < -0.4 is 0 Å². The maximum atomic E-state index is 5.34. The van der Waals surface area contributed by atoms with Crippen LogP contribution in [0.1, 0.15) is 24.2 Å². The van der Waals surface area contributed by atoms with Gasteiger partial charge in [0.05, 0.1) is 11.0 Å². The Morgan fingerprint density at radius 2 is 1.20 bits per heavy atom. The van der Waals surface area contributed by atoms with Crippen molar-refractivity contribution in [2.75, 3.05) is 0 Å². The molecule has 0 bridgehead atoms. The number of hydrogen-bond donors (Lipinski definition) is 1. The highest BCUT2D eigenvalue weighted by Crippen LogP contribution is 2.49. The Morgan fingerprint density at radius 1 is 0.608 bits per heavy atom. The molecule has 8 aromatic rings. The molecular weight excluding hydrogens is 639 g/mol. The fourth-order valence-corrected chi connectivity index (χ4v) is 8.17. The molecule has 4 heteroatoms. The Hall–Kier alpha value is -5.97. The Labute approximate surface area is 303 Å². The quantitative estimate of drug-likeness (QED) is 0.178. The molecule has 2 atom stereocenters. The fraction of sp³-hybridized carbons (Fsp3) is 0.0638. The molecular formula is C47H35N3S. The van der Waals surface area contributed by atoms with E-state index >= 15 is 0 Å². The van der Waals surface area contributed by atoms with Gasteiger partial charge in [0.25, 0.3) is 0 Å². The van der Waals surface area contributed by atoms with Crippen molar-refractivity contribution < 1.29 is 0 Å². The van der Waals surface area contributed by atoms with E-state index in [9.17, 15) is 0 Å². The molecule has 0 radical (unpaired) electrons. The molecule has 0 saturated heterocycles. The van der Waals surface area contributed by atoms with Crippen molar-refractivity contribution in [3.8, 4) is 39.1 Å². The van der Waals surface area contributed by atoms with Crippen molar-refractivity contribution in [2.45, 2.75) is 17.7 Å². The van der Waals surface area contributed by atoms with Gasteiger partial charge in [-0.25, -0.2) is 9.97 Å². The van der Waals surface area contributed by atoms with Crippen LogP contribution in [0.25, 0.3) is 66.4 Å². The van der Waals surface area contributed by atoms with Crippen LogP contribution in [0, 0.1) is 5.92 Å². The third kappa shape index (κ3) is 5.49. The number of rotatable bonds is 6. The van der Waals surface area contributed by atoms with Crippen LogP contribution in [0.15, 0.2) is 181 Å². The Kier molecular flexibility index (Phi) is 7.94. The smallest absolute Gasteiger partial charge is 0.155 e. The van der Waals surface area contributed by atoms with Crippen LogP contribution in [0.4, 0.5) is 0 Å². The first-order valence-corrected chi connectivity index (χ1v) is 17.9. The van der Waals surface area contributed by atoms with Gasteiger partial charge in [0, 0.05) is 50.8 Å². The molecule has 2 heterocycles. The van der Waals surface area contributed by atoms with E-state index in [-0.39, 0.29) is 11.8 Å². The Morgan fingerprint density at radius 3 is 1.88 bits per heavy atom. The van der Waals surface area contributed by atoms with E-state index in [0.29, 0.717) is 0 Å². The standard InChI is InChI=1S/C47H35N3S/c1-31-38(19-11-20-39(31)47-48-27-12-28-49-47)44-43(51)30-41(35-23-21-34(22-24-35)32-13-5-2-6-14-32)46-45(44)40-26-25-36(33-15-7-3-8-16-33)29-42(40)50(46)37-17-9-4-10-18-37/h2-31,38,51H,1H3. The topological polar surface area (TPSA) is 30.7 Å². The van der Waals surface area contributed by atoms with E-state index in [1.807, 2.05) is 18.5 Å². The van der Waals surface area contributed by atoms with E-state index in [1.54, 1.807) is 0 Å². The summed E-state index contributed by atoms with van der Waals surface area (Å²) in [5.74, 6) is 0.953. The van der Waals surface area contributed by atoms with Crippen molar-refractivity contribution >= 4 is 40.0 Å². The average molecular weight is 674 g/mol. The molecule has 3 nitrogen and oxygen atoms in total. The molecule has 2 unspecified atom stereocenters. The van der Waals surface area contributed by atoms with Gasteiger partial charge >= 0.3 is 0 Å². The summed E-state index contributed by atoms with van der Waals surface area (Å²) < 4.78 is 2.46. The van der Waals surface area contributed by atoms with E-state index < -0.39 is 0 Å². The van der Waals surface area contributed by atoms with Gasteiger partial charge in [-0.15, -0.1) is 12.6 Å². The molecule has 244 valence electrons. The lowest BCUT2D eigenvalue weighted by molar-refractivity contribution is 0.644. The number of aromatic nitrogens is 3. The second-order valence-electron chi connectivity index (χ2n) is 13.2. The molecule has 0 amide bonds. The predicted molar refractivity (Wildman–Crippen MR) is 215 cm³/mol. The van der Waals surface area contributed by atoms with Crippen LogP contribution in [0.2, 0.25) is 0 Å². The highest BCUT2D eigenvalue weighted by molar-refractivity contribution is 7.80. The van der Waals surface area contributed by atoms with Crippen molar-refractivity contribution in [1.29, 1.82) is 0 Å². The predicted octanol–water partition coefficient (Wildman–Crippen LogP) is 12.2. The number of allylic oxidation sites excluding steroid dienone is 4. The highest BCUT2D eigenvalue weighted by atomic mass is 32.1. The van der Waals surface area contributed by atoms with Gasteiger partial charge in [-0.2, -0.15) is 0 Å². The molecule has 0 aliphatic heterocycles. The van der Waals surface area contributed by atoms with Crippen molar-refractivity contribution in [2.24, 2.45) is 5.92 Å². The first-order valence-electron chi connectivity index (χ1n) is 17.4. The lowest BCUT2D eigenvalue weighted by atomic mass is 9.77. The summed E-state index contributed by atoms with van der Waals surface area (Å²) in [4.78, 5) is 10.3. The molecule has 9 rings (SSSR count). The van der Waals surface area contributed by atoms with Crippen molar-refractivity contribution in [1.82, 2.24) is 14.5 Å². The van der Waals surface area contributed by atoms with Gasteiger partial charge in [0.2, 0.25) is 0 Å².